The highest BCUT2D eigenvalue weighted by molar-refractivity contribution is 5.45. The van der Waals surface area contributed by atoms with Crippen LogP contribution in [0.4, 0.5) is 5.69 Å². The van der Waals surface area contributed by atoms with Crippen molar-refractivity contribution in [3.8, 4) is 5.75 Å². The molecular weight excluding hydrogens is 198 g/mol. The first-order valence-corrected chi connectivity index (χ1v) is 5.18. The summed E-state index contributed by atoms with van der Waals surface area (Å²) < 4.78 is 5.61. The van der Waals surface area contributed by atoms with Crippen LogP contribution in [0, 0.1) is 0 Å². The van der Waals surface area contributed by atoms with Crippen LogP contribution >= 0.6 is 0 Å². The van der Waals surface area contributed by atoms with Gasteiger partial charge in [0.1, 0.15) is 11.5 Å². The van der Waals surface area contributed by atoms with Gasteiger partial charge in [0.25, 0.3) is 0 Å². The molecule has 1 N–H and O–H groups in total. The summed E-state index contributed by atoms with van der Waals surface area (Å²) >= 11 is 0. The van der Waals surface area contributed by atoms with Crippen molar-refractivity contribution < 1.29 is 4.74 Å². The van der Waals surface area contributed by atoms with Crippen molar-refractivity contribution in [3.63, 3.8) is 0 Å². The molecule has 0 fully saturated rings. The van der Waals surface area contributed by atoms with Crippen molar-refractivity contribution in [2.45, 2.75) is 6.92 Å². The second-order valence-electron chi connectivity index (χ2n) is 3.27. The van der Waals surface area contributed by atoms with E-state index in [0.717, 1.165) is 17.2 Å². The summed E-state index contributed by atoms with van der Waals surface area (Å²) in [5.41, 5.74) is 1.07. The van der Waals surface area contributed by atoms with E-state index in [4.69, 9.17) is 4.74 Å². The van der Waals surface area contributed by atoms with Crippen molar-refractivity contribution in [1.29, 1.82) is 0 Å². The summed E-state index contributed by atoms with van der Waals surface area (Å²) in [6.45, 7) is 5.51. The molecule has 1 aromatic carbocycles. The van der Waals surface area contributed by atoms with Gasteiger partial charge in [-0.05, 0) is 37.3 Å². The van der Waals surface area contributed by atoms with Gasteiger partial charge in [-0.25, -0.2) is 0 Å². The largest absolute Gasteiger partial charge is 0.462 e. The number of hydrogen-bond acceptors (Lipinski definition) is 2. The first-order valence-electron chi connectivity index (χ1n) is 5.18. The Balaban J connectivity index is 2.62. The third-order valence-electron chi connectivity index (χ3n) is 2.00. The molecule has 1 aromatic rings. The van der Waals surface area contributed by atoms with Gasteiger partial charge in [0.2, 0.25) is 0 Å². The van der Waals surface area contributed by atoms with E-state index in [-0.39, 0.29) is 0 Å². The van der Waals surface area contributed by atoms with Gasteiger partial charge in [-0.2, -0.15) is 0 Å². The third kappa shape index (κ3) is 4.05. The summed E-state index contributed by atoms with van der Waals surface area (Å²) in [5.74, 6) is 1.68. The normalized spacial score (nSPS) is 11.5. The fourth-order valence-electron chi connectivity index (χ4n) is 1.18. The van der Waals surface area contributed by atoms with Crippen LogP contribution in [0.15, 0.2) is 60.9 Å². The molecule has 0 aliphatic rings. The van der Waals surface area contributed by atoms with Crippen LogP contribution < -0.4 is 10.1 Å². The Morgan fingerprint density at radius 3 is 2.50 bits per heavy atom. The Morgan fingerprint density at radius 2 is 1.94 bits per heavy atom. The Bertz CT molecular complexity index is 388. The number of rotatable bonds is 5. The second kappa shape index (κ2) is 6.51. The van der Waals surface area contributed by atoms with Crippen LogP contribution in [0.25, 0.3) is 0 Å². The monoisotopic (exact) mass is 215 g/mol. The standard InChI is InChI=1S/C14H17NO/c1-4-5-6-7-12(2)16-14-10-8-13(15-3)9-11-14/h4-11,15H,1H2,2-3H3/b6-5-,12-7+. The van der Waals surface area contributed by atoms with Crippen LogP contribution in [0.1, 0.15) is 6.92 Å². The maximum absolute atomic E-state index is 5.61. The van der Waals surface area contributed by atoms with Crippen LogP contribution in [-0.4, -0.2) is 7.05 Å². The number of ether oxygens (including phenoxy) is 1. The first kappa shape index (κ1) is 12.1. The lowest BCUT2D eigenvalue weighted by atomic mass is 10.3. The maximum Gasteiger partial charge on any atom is 0.127 e. The number of anilines is 1. The molecule has 0 atom stereocenters. The van der Waals surface area contributed by atoms with Crippen LogP contribution in [0.2, 0.25) is 0 Å². The van der Waals surface area contributed by atoms with Gasteiger partial charge >= 0.3 is 0 Å². The quantitative estimate of drug-likeness (QED) is 0.596. The van der Waals surface area contributed by atoms with Crippen molar-refractivity contribution in [2.24, 2.45) is 0 Å². The van der Waals surface area contributed by atoms with E-state index in [9.17, 15) is 0 Å². The van der Waals surface area contributed by atoms with E-state index in [1.54, 1.807) is 6.08 Å². The van der Waals surface area contributed by atoms with E-state index in [1.165, 1.54) is 0 Å². The summed E-state index contributed by atoms with van der Waals surface area (Å²) in [5, 5.41) is 3.06. The molecule has 0 aromatic heterocycles. The van der Waals surface area contributed by atoms with Gasteiger partial charge in [0.15, 0.2) is 0 Å². The highest BCUT2D eigenvalue weighted by atomic mass is 16.5. The van der Waals surface area contributed by atoms with Gasteiger partial charge < -0.3 is 10.1 Å². The molecule has 0 radical (unpaired) electrons. The van der Waals surface area contributed by atoms with Crippen LogP contribution in [0.5, 0.6) is 5.75 Å². The van der Waals surface area contributed by atoms with Gasteiger partial charge in [-0.3, -0.25) is 0 Å². The Kier molecular flexibility index (Phi) is 4.93. The SMILES string of the molecule is C=C/C=C\C=C(/C)Oc1ccc(NC)cc1. The molecule has 0 aliphatic heterocycles. The summed E-state index contributed by atoms with van der Waals surface area (Å²) in [4.78, 5) is 0. The smallest absolute Gasteiger partial charge is 0.127 e. The van der Waals surface area contributed by atoms with Gasteiger partial charge in [-0.1, -0.05) is 24.8 Å². The van der Waals surface area contributed by atoms with E-state index < -0.39 is 0 Å². The molecule has 2 nitrogen and oxygen atoms in total. The minimum absolute atomic E-state index is 0.833. The average molecular weight is 215 g/mol. The fourth-order valence-corrected chi connectivity index (χ4v) is 1.18. The molecule has 0 spiro atoms. The van der Waals surface area contributed by atoms with Crippen LogP contribution in [-0.2, 0) is 0 Å². The molecule has 0 unspecified atom stereocenters. The second-order valence-corrected chi connectivity index (χ2v) is 3.27. The molecule has 84 valence electrons. The minimum Gasteiger partial charge on any atom is -0.462 e. The molecule has 16 heavy (non-hydrogen) atoms. The topological polar surface area (TPSA) is 21.3 Å². The average Bonchev–Trinajstić information content (AvgIpc) is 2.30. The Hall–Kier alpha value is -1.96. The number of allylic oxidation sites excluding steroid dienone is 5. The van der Waals surface area contributed by atoms with Crippen molar-refractivity contribution in [2.75, 3.05) is 12.4 Å². The molecule has 0 heterocycles. The predicted molar refractivity (Wildman–Crippen MR) is 69.7 cm³/mol. The molecule has 1 rings (SSSR count). The molecule has 0 saturated carbocycles. The van der Waals surface area contributed by atoms with Gasteiger partial charge in [0, 0.05) is 12.7 Å². The predicted octanol–water partition coefficient (Wildman–Crippen LogP) is 3.75. The molecule has 0 saturated heterocycles. The van der Waals surface area contributed by atoms with E-state index >= 15 is 0 Å². The van der Waals surface area contributed by atoms with Crippen molar-refractivity contribution in [1.82, 2.24) is 0 Å². The molecule has 0 bridgehead atoms. The lowest BCUT2D eigenvalue weighted by Gasteiger charge is -2.06. The molecular formula is C14H17NO. The van der Waals surface area contributed by atoms with E-state index in [2.05, 4.69) is 11.9 Å². The van der Waals surface area contributed by atoms with Gasteiger partial charge in [-0.15, -0.1) is 0 Å². The highest BCUT2D eigenvalue weighted by Gasteiger charge is 1.94. The lowest BCUT2D eigenvalue weighted by Crippen LogP contribution is -1.91. The first-order chi connectivity index (χ1) is 7.76. The maximum atomic E-state index is 5.61. The van der Waals surface area contributed by atoms with Crippen molar-refractivity contribution in [3.05, 3.63) is 60.9 Å². The summed E-state index contributed by atoms with van der Waals surface area (Å²) in [6, 6.07) is 7.81. The minimum atomic E-state index is 0.833. The zero-order valence-corrected chi connectivity index (χ0v) is 9.73. The van der Waals surface area contributed by atoms with E-state index in [1.807, 2.05) is 56.5 Å². The molecule has 2 heteroatoms. The summed E-state index contributed by atoms with van der Waals surface area (Å²) in [6.07, 6.45) is 7.38. The van der Waals surface area contributed by atoms with Gasteiger partial charge in [0.05, 0.1) is 0 Å². The third-order valence-corrected chi connectivity index (χ3v) is 2.00. The molecule has 0 aliphatic carbocycles. The number of benzene rings is 1. The zero-order chi connectivity index (χ0) is 11.8. The summed E-state index contributed by atoms with van der Waals surface area (Å²) in [7, 11) is 1.89. The highest BCUT2D eigenvalue weighted by Crippen LogP contribution is 2.17. The Morgan fingerprint density at radius 1 is 1.25 bits per heavy atom. The Labute approximate surface area is 96.9 Å². The zero-order valence-electron chi connectivity index (χ0n) is 9.73. The number of nitrogens with one attached hydrogen (secondary N) is 1. The van der Waals surface area contributed by atoms with E-state index in [0.29, 0.717) is 0 Å². The lowest BCUT2D eigenvalue weighted by molar-refractivity contribution is 0.428. The number of hydrogen-bond donors (Lipinski definition) is 1. The van der Waals surface area contributed by atoms with Crippen molar-refractivity contribution >= 4 is 5.69 Å². The molecule has 0 amide bonds. The van der Waals surface area contributed by atoms with Crippen LogP contribution in [0.3, 0.4) is 0 Å². The fraction of sp³-hybridized carbons (Fsp3) is 0.143.